The zero-order valence-corrected chi connectivity index (χ0v) is 13.9. The van der Waals surface area contributed by atoms with Gasteiger partial charge in [0.2, 0.25) is 8.32 Å². The van der Waals surface area contributed by atoms with Crippen LogP contribution in [0.1, 0.15) is 47.5 Å². The Balaban J connectivity index is 4.25. The Morgan fingerprint density at radius 1 is 1.28 bits per heavy atom. The Hall–Kier alpha value is -0.773. The quantitative estimate of drug-likeness (QED) is 0.412. The van der Waals surface area contributed by atoms with Crippen molar-refractivity contribution in [3.8, 4) is 0 Å². The van der Waals surface area contributed by atoms with Gasteiger partial charge in [0.15, 0.2) is 0 Å². The lowest BCUT2D eigenvalue weighted by molar-refractivity contribution is -0.143. The summed E-state index contributed by atoms with van der Waals surface area (Å²) < 4.78 is 11.0. The van der Waals surface area contributed by atoms with E-state index in [9.17, 15) is 4.79 Å². The molecular weight excluding hydrogens is 244 g/mol. The van der Waals surface area contributed by atoms with E-state index in [0.29, 0.717) is 19.4 Å². The first-order valence-corrected chi connectivity index (χ1v) is 9.52. The molecule has 0 aromatic rings. The minimum Gasteiger partial charge on any atom is -0.547 e. The lowest BCUT2D eigenvalue weighted by Gasteiger charge is -2.36. The van der Waals surface area contributed by atoms with Gasteiger partial charge >= 0.3 is 5.97 Å². The fourth-order valence-corrected chi connectivity index (χ4v) is 2.42. The van der Waals surface area contributed by atoms with Crippen LogP contribution in [0.2, 0.25) is 18.1 Å². The molecule has 0 aromatic carbocycles. The minimum atomic E-state index is -1.74. The van der Waals surface area contributed by atoms with E-state index in [-0.39, 0.29) is 11.0 Å². The van der Waals surface area contributed by atoms with Gasteiger partial charge in [-0.3, -0.25) is 4.79 Å². The summed E-state index contributed by atoms with van der Waals surface area (Å²) in [6.45, 7) is 15.3. The fraction of sp³-hybridized carbons (Fsp3) is 0.786. The van der Waals surface area contributed by atoms with Crippen molar-refractivity contribution in [2.24, 2.45) is 0 Å². The third-order valence-corrected chi connectivity index (χ3v) is 7.75. The lowest BCUT2D eigenvalue weighted by atomic mass is 10.2. The Labute approximate surface area is 113 Å². The molecule has 0 atom stereocenters. The second-order valence-electron chi connectivity index (χ2n) is 6.02. The molecular formula is C14H28O3Si. The second-order valence-corrected chi connectivity index (χ2v) is 10.7. The summed E-state index contributed by atoms with van der Waals surface area (Å²) in [5.74, 6) is 0.778. The zero-order chi connectivity index (χ0) is 14.4. The summed E-state index contributed by atoms with van der Waals surface area (Å²) in [6, 6.07) is 0. The number of hydrogen-bond acceptors (Lipinski definition) is 3. The van der Waals surface area contributed by atoms with Crippen LogP contribution in [0.3, 0.4) is 0 Å². The normalized spacial score (nSPS) is 13.4. The number of hydrogen-bond donors (Lipinski definition) is 0. The molecule has 3 nitrogen and oxygen atoms in total. The van der Waals surface area contributed by atoms with E-state index >= 15 is 0 Å². The van der Waals surface area contributed by atoms with Gasteiger partial charge in [-0.05, 0) is 44.5 Å². The molecule has 0 aliphatic carbocycles. The second kappa shape index (κ2) is 6.97. The highest BCUT2D eigenvalue weighted by Crippen LogP contribution is 2.37. The predicted molar refractivity (Wildman–Crippen MR) is 77.9 cm³/mol. The number of carbonyl (C=O) groups excluding carboxylic acids is 1. The molecule has 0 rings (SSSR count). The molecule has 0 unspecified atom stereocenters. The first kappa shape index (κ1) is 17.2. The van der Waals surface area contributed by atoms with Crippen molar-refractivity contribution in [2.75, 3.05) is 6.61 Å². The van der Waals surface area contributed by atoms with E-state index in [1.54, 1.807) is 0 Å². The molecule has 0 spiro atoms. The van der Waals surface area contributed by atoms with E-state index in [0.717, 1.165) is 5.76 Å². The van der Waals surface area contributed by atoms with Crippen molar-refractivity contribution in [2.45, 2.75) is 65.6 Å². The molecule has 4 heteroatoms. The third kappa shape index (κ3) is 6.24. The smallest absolute Gasteiger partial charge is 0.306 e. The molecule has 0 bridgehead atoms. The van der Waals surface area contributed by atoms with Crippen LogP contribution in [0.25, 0.3) is 0 Å². The summed E-state index contributed by atoms with van der Waals surface area (Å²) in [6.07, 6.45) is 3.09. The molecule has 0 saturated heterocycles. The standard InChI is InChI=1S/C14H28O3Si/c1-8-16-13(15)11-9-10-12(2)17-18(6,7)14(3,4)5/h10H,8-9,11H2,1-7H3/b12-10+. The van der Waals surface area contributed by atoms with E-state index in [1.807, 2.05) is 19.9 Å². The Morgan fingerprint density at radius 3 is 2.28 bits per heavy atom. The number of esters is 1. The first-order chi connectivity index (χ1) is 8.10. The number of carbonyl (C=O) groups is 1. The Bertz CT molecular complexity index is 301. The molecule has 0 saturated carbocycles. The fourth-order valence-electron chi connectivity index (χ4n) is 1.22. The van der Waals surface area contributed by atoms with Crippen molar-refractivity contribution in [1.29, 1.82) is 0 Å². The van der Waals surface area contributed by atoms with Crippen LogP contribution in [-0.2, 0) is 14.0 Å². The maximum absolute atomic E-state index is 11.2. The number of rotatable bonds is 6. The number of allylic oxidation sites excluding steroid dienone is 2. The van der Waals surface area contributed by atoms with Gasteiger partial charge < -0.3 is 9.16 Å². The molecule has 0 radical (unpaired) electrons. The van der Waals surface area contributed by atoms with Crippen LogP contribution in [-0.4, -0.2) is 20.9 Å². The van der Waals surface area contributed by atoms with Crippen molar-refractivity contribution >= 4 is 14.3 Å². The largest absolute Gasteiger partial charge is 0.547 e. The maximum atomic E-state index is 11.2. The SMILES string of the molecule is CCOC(=O)CC/C=C(\C)O[Si](C)(C)C(C)(C)C. The van der Waals surface area contributed by atoms with Crippen molar-refractivity contribution in [1.82, 2.24) is 0 Å². The van der Waals surface area contributed by atoms with Crippen LogP contribution in [0, 0.1) is 0 Å². The van der Waals surface area contributed by atoms with Crippen molar-refractivity contribution in [3.63, 3.8) is 0 Å². The van der Waals surface area contributed by atoms with Gasteiger partial charge in [-0.1, -0.05) is 20.8 Å². The molecule has 0 heterocycles. The molecule has 0 N–H and O–H groups in total. The average molecular weight is 272 g/mol. The van der Waals surface area contributed by atoms with Crippen molar-refractivity contribution < 1.29 is 14.0 Å². The molecule has 0 amide bonds. The third-order valence-electron chi connectivity index (χ3n) is 3.31. The highest BCUT2D eigenvalue weighted by Gasteiger charge is 2.38. The Morgan fingerprint density at radius 2 is 1.83 bits per heavy atom. The van der Waals surface area contributed by atoms with Gasteiger partial charge in [0.1, 0.15) is 0 Å². The summed E-state index contributed by atoms with van der Waals surface area (Å²) in [4.78, 5) is 11.2. The first-order valence-electron chi connectivity index (χ1n) is 6.61. The highest BCUT2D eigenvalue weighted by molar-refractivity contribution is 6.74. The van der Waals surface area contributed by atoms with Gasteiger partial charge in [-0.15, -0.1) is 0 Å². The minimum absolute atomic E-state index is 0.145. The highest BCUT2D eigenvalue weighted by atomic mass is 28.4. The van der Waals surface area contributed by atoms with Gasteiger partial charge in [0.25, 0.3) is 0 Å². The molecule has 0 aliphatic heterocycles. The average Bonchev–Trinajstić information content (AvgIpc) is 2.15. The predicted octanol–water partition coefficient (Wildman–Crippen LogP) is 4.26. The van der Waals surface area contributed by atoms with Crippen LogP contribution in [0.5, 0.6) is 0 Å². The van der Waals surface area contributed by atoms with Crippen molar-refractivity contribution in [3.05, 3.63) is 11.8 Å². The van der Waals surface area contributed by atoms with Gasteiger partial charge in [-0.2, -0.15) is 0 Å². The monoisotopic (exact) mass is 272 g/mol. The van der Waals surface area contributed by atoms with Gasteiger partial charge in [-0.25, -0.2) is 0 Å². The summed E-state index contributed by atoms with van der Waals surface area (Å²) in [5.41, 5.74) is 0. The van der Waals surface area contributed by atoms with E-state index < -0.39 is 8.32 Å². The van der Waals surface area contributed by atoms with E-state index in [2.05, 4.69) is 33.9 Å². The molecule has 0 aromatic heterocycles. The Kier molecular flexibility index (Phi) is 6.67. The summed E-state index contributed by atoms with van der Waals surface area (Å²) in [7, 11) is -1.74. The topological polar surface area (TPSA) is 35.5 Å². The lowest BCUT2D eigenvalue weighted by Crippen LogP contribution is -2.40. The molecule has 106 valence electrons. The van der Waals surface area contributed by atoms with Crippen LogP contribution in [0.15, 0.2) is 11.8 Å². The van der Waals surface area contributed by atoms with E-state index in [4.69, 9.17) is 9.16 Å². The summed E-state index contributed by atoms with van der Waals surface area (Å²) in [5, 5.41) is 0.198. The molecule has 0 fully saturated rings. The molecule has 18 heavy (non-hydrogen) atoms. The summed E-state index contributed by atoms with van der Waals surface area (Å²) >= 11 is 0. The van der Waals surface area contributed by atoms with Crippen LogP contribution in [0.4, 0.5) is 0 Å². The van der Waals surface area contributed by atoms with Crippen LogP contribution >= 0.6 is 0 Å². The van der Waals surface area contributed by atoms with Crippen LogP contribution < -0.4 is 0 Å². The van der Waals surface area contributed by atoms with Gasteiger partial charge in [0.05, 0.1) is 12.4 Å². The zero-order valence-electron chi connectivity index (χ0n) is 12.9. The molecule has 0 aliphatic rings. The maximum Gasteiger partial charge on any atom is 0.306 e. The number of ether oxygens (including phenoxy) is 1. The van der Waals surface area contributed by atoms with E-state index in [1.165, 1.54) is 0 Å². The van der Waals surface area contributed by atoms with Gasteiger partial charge in [0, 0.05) is 6.42 Å².